The van der Waals surface area contributed by atoms with Gasteiger partial charge in [-0.25, -0.2) is 9.78 Å². The van der Waals surface area contributed by atoms with Crippen molar-refractivity contribution in [1.29, 1.82) is 0 Å². The zero-order valence-electron chi connectivity index (χ0n) is 14.0. The van der Waals surface area contributed by atoms with Crippen LogP contribution in [0.3, 0.4) is 0 Å². The van der Waals surface area contributed by atoms with Crippen molar-refractivity contribution in [2.24, 2.45) is 11.8 Å². The number of cyclic esters (lactones) is 1. The number of aliphatic hydroxyl groups is 1. The van der Waals surface area contributed by atoms with Gasteiger partial charge in [0.05, 0.1) is 34.9 Å². The van der Waals surface area contributed by atoms with Gasteiger partial charge in [0.25, 0.3) is 0 Å². The van der Waals surface area contributed by atoms with E-state index in [-0.39, 0.29) is 30.4 Å². The second-order valence-electron chi connectivity index (χ2n) is 6.91. The van der Waals surface area contributed by atoms with Gasteiger partial charge < -0.3 is 19.8 Å². The smallest absolute Gasteiger partial charge is 0.335 e. The topological polar surface area (TPSA) is 117 Å². The maximum absolute atomic E-state index is 12.9. The number of esters is 1. The molecule has 1 fully saturated rings. The van der Waals surface area contributed by atoms with E-state index in [1.54, 1.807) is 23.1 Å². The van der Waals surface area contributed by atoms with Gasteiger partial charge in [-0.05, 0) is 18.2 Å². The SMILES string of the molecule is O=Cc1c(O)ccc2nc3c(cc12)CN1C(=O)C2COC(=O)[C@@H](O)C2C=C31. The van der Waals surface area contributed by atoms with Gasteiger partial charge in [-0.3, -0.25) is 9.59 Å². The summed E-state index contributed by atoms with van der Waals surface area (Å²) in [5.41, 5.74) is 2.51. The number of amides is 1. The Hall–Kier alpha value is -3.26. The fraction of sp³-hybridized carbons (Fsp3) is 0.263. The number of aldehydes is 1. The van der Waals surface area contributed by atoms with Crippen LogP contribution < -0.4 is 0 Å². The number of carbonyl (C=O) groups excluding carboxylic acids is 3. The summed E-state index contributed by atoms with van der Waals surface area (Å²) in [4.78, 5) is 42.0. The summed E-state index contributed by atoms with van der Waals surface area (Å²) in [6.45, 7) is 0.207. The zero-order valence-corrected chi connectivity index (χ0v) is 14.0. The summed E-state index contributed by atoms with van der Waals surface area (Å²) < 4.78 is 4.91. The molecule has 2 unspecified atom stereocenters. The minimum absolute atomic E-state index is 0.0609. The van der Waals surface area contributed by atoms with E-state index in [2.05, 4.69) is 4.98 Å². The molecule has 136 valence electrons. The lowest BCUT2D eigenvalue weighted by molar-refractivity contribution is -0.171. The lowest BCUT2D eigenvalue weighted by Crippen LogP contribution is -2.51. The summed E-state index contributed by atoms with van der Waals surface area (Å²) in [6.07, 6.45) is 0.903. The van der Waals surface area contributed by atoms with Crippen LogP contribution in [0.15, 0.2) is 24.3 Å². The number of rotatable bonds is 1. The average molecular weight is 366 g/mol. The Labute approximate surface area is 152 Å². The van der Waals surface area contributed by atoms with Gasteiger partial charge in [0.1, 0.15) is 12.4 Å². The zero-order chi connectivity index (χ0) is 18.9. The largest absolute Gasteiger partial charge is 0.507 e. The van der Waals surface area contributed by atoms with E-state index < -0.39 is 23.9 Å². The molecule has 1 aromatic heterocycles. The highest BCUT2D eigenvalue weighted by Gasteiger charge is 2.49. The maximum atomic E-state index is 12.9. The summed E-state index contributed by atoms with van der Waals surface area (Å²) >= 11 is 0. The summed E-state index contributed by atoms with van der Waals surface area (Å²) in [5.74, 6) is -2.37. The van der Waals surface area contributed by atoms with E-state index in [1.807, 2.05) is 0 Å². The number of pyridine rings is 1. The van der Waals surface area contributed by atoms with Crippen molar-refractivity contribution in [3.8, 4) is 5.75 Å². The Kier molecular flexibility index (Phi) is 3.17. The number of fused-ring (bicyclic) bond motifs is 5. The van der Waals surface area contributed by atoms with Gasteiger partial charge in [0, 0.05) is 16.9 Å². The Morgan fingerprint density at radius 2 is 2.11 bits per heavy atom. The maximum Gasteiger partial charge on any atom is 0.335 e. The number of aliphatic hydroxyl groups excluding tert-OH is 1. The number of benzene rings is 1. The molecule has 27 heavy (non-hydrogen) atoms. The van der Waals surface area contributed by atoms with Gasteiger partial charge in [0.15, 0.2) is 12.4 Å². The van der Waals surface area contributed by atoms with E-state index in [1.165, 1.54) is 6.07 Å². The van der Waals surface area contributed by atoms with Crippen molar-refractivity contribution in [2.75, 3.05) is 6.61 Å². The Balaban J connectivity index is 1.69. The van der Waals surface area contributed by atoms with Gasteiger partial charge in [0.2, 0.25) is 5.91 Å². The molecule has 1 amide bonds. The Morgan fingerprint density at radius 3 is 2.89 bits per heavy atom. The number of aromatic nitrogens is 1. The van der Waals surface area contributed by atoms with Gasteiger partial charge >= 0.3 is 5.97 Å². The number of phenolic OH excluding ortho intramolecular Hbond substituents is 1. The molecule has 8 nitrogen and oxygen atoms in total. The third-order valence-corrected chi connectivity index (χ3v) is 5.49. The third-order valence-electron chi connectivity index (χ3n) is 5.49. The van der Waals surface area contributed by atoms with E-state index in [0.29, 0.717) is 28.6 Å². The molecule has 0 radical (unpaired) electrons. The summed E-state index contributed by atoms with van der Waals surface area (Å²) in [6, 6.07) is 4.74. The van der Waals surface area contributed by atoms with Crippen LogP contribution in [0.5, 0.6) is 5.75 Å². The van der Waals surface area contributed by atoms with Crippen LogP contribution in [-0.4, -0.2) is 51.0 Å². The average Bonchev–Trinajstić information content (AvgIpc) is 3.02. The van der Waals surface area contributed by atoms with Crippen LogP contribution in [0, 0.1) is 11.8 Å². The third kappa shape index (κ3) is 2.07. The van der Waals surface area contributed by atoms with Crippen molar-refractivity contribution in [2.45, 2.75) is 12.6 Å². The lowest BCUT2D eigenvalue weighted by Gasteiger charge is -2.38. The fourth-order valence-electron chi connectivity index (χ4n) is 4.08. The van der Waals surface area contributed by atoms with E-state index >= 15 is 0 Å². The van der Waals surface area contributed by atoms with E-state index in [9.17, 15) is 24.6 Å². The first-order chi connectivity index (χ1) is 13.0. The quantitative estimate of drug-likeness (QED) is 0.561. The predicted octanol–water partition coefficient (Wildman–Crippen LogP) is 0.600. The molecule has 0 aliphatic carbocycles. The molecular weight excluding hydrogens is 352 g/mol. The van der Waals surface area contributed by atoms with Crippen molar-refractivity contribution in [3.63, 3.8) is 0 Å². The molecule has 0 saturated carbocycles. The van der Waals surface area contributed by atoms with Gasteiger partial charge in [-0.15, -0.1) is 0 Å². The van der Waals surface area contributed by atoms with Crippen LogP contribution in [-0.2, 0) is 20.9 Å². The number of aromatic hydroxyl groups is 1. The molecule has 3 aliphatic heterocycles. The first kappa shape index (κ1) is 16.0. The molecule has 8 heteroatoms. The molecule has 0 spiro atoms. The number of hydrogen-bond donors (Lipinski definition) is 2. The molecular formula is C19H14N2O6. The van der Waals surface area contributed by atoms with Crippen molar-refractivity contribution in [1.82, 2.24) is 9.88 Å². The van der Waals surface area contributed by atoms with Crippen molar-refractivity contribution in [3.05, 3.63) is 41.1 Å². The minimum Gasteiger partial charge on any atom is -0.507 e. The fourth-order valence-corrected chi connectivity index (χ4v) is 4.08. The predicted molar refractivity (Wildman–Crippen MR) is 91.3 cm³/mol. The molecule has 3 aliphatic rings. The molecule has 1 aromatic carbocycles. The van der Waals surface area contributed by atoms with Crippen molar-refractivity contribution < 1.29 is 29.3 Å². The Morgan fingerprint density at radius 1 is 1.30 bits per heavy atom. The second kappa shape index (κ2) is 5.37. The number of ether oxygens (including phenoxy) is 1. The highest BCUT2D eigenvalue weighted by atomic mass is 16.5. The van der Waals surface area contributed by atoms with Crippen LogP contribution in [0.25, 0.3) is 16.6 Å². The van der Waals surface area contributed by atoms with Crippen molar-refractivity contribution >= 4 is 34.8 Å². The minimum atomic E-state index is -1.38. The molecule has 5 rings (SSSR count). The number of carbonyl (C=O) groups is 3. The highest BCUT2D eigenvalue weighted by molar-refractivity contribution is 6.02. The summed E-state index contributed by atoms with van der Waals surface area (Å²) in [7, 11) is 0. The molecule has 2 aromatic rings. The van der Waals surface area contributed by atoms with E-state index in [0.717, 1.165) is 5.56 Å². The molecule has 3 atom stereocenters. The second-order valence-corrected chi connectivity index (χ2v) is 6.91. The van der Waals surface area contributed by atoms with Gasteiger partial charge in [-0.2, -0.15) is 0 Å². The lowest BCUT2D eigenvalue weighted by atomic mass is 9.81. The monoisotopic (exact) mass is 366 g/mol. The number of nitrogens with zero attached hydrogens (tertiary/aromatic N) is 2. The molecule has 4 heterocycles. The Bertz CT molecular complexity index is 1080. The first-order valence-corrected chi connectivity index (χ1v) is 8.48. The molecule has 2 N–H and O–H groups in total. The first-order valence-electron chi connectivity index (χ1n) is 8.48. The normalized spacial score (nSPS) is 26.2. The van der Waals surface area contributed by atoms with Crippen LogP contribution >= 0.6 is 0 Å². The standard InChI is InChI=1S/C19H14N2O6/c22-6-11-9-3-8-5-21-14(16(8)20-13(9)1-2-15(11)23)4-10-12(18(21)25)7-27-19(26)17(10)24/h1-4,6,10,12,17,23-24H,5,7H2/t10?,12?,17-/m0/s1. The van der Waals surface area contributed by atoms with Crippen LogP contribution in [0.4, 0.5) is 0 Å². The molecule has 1 saturated heterocycles. The molecule has 0 bridgehead atoms. The highest BCUT2D eigenvalue weighted by Crippen LogP contribution is 2.42. The van der Waals surface area contributed by atoms with Crippen LogP contribution in [0.1, 0.15) is 21.6 Å². The summed E-state index contributed by atoms with van der Waals surface area (Å²) in [5, 5.41) is 20.6. The number of phenols is 1. The van der Waals surface area contributed by atoms with Crippen LogP contribution in [0.2, 0.25) is 0 Å². The van der Waals surface area contributed by atoms with Gasteiger partial charge in [-0.1, -0.05) is 6.08 Å². The number of hydrogen-bond acceptors (Lipinski definition) is 7. The van der Waals surface area contributed by atoms with E-state index in [4.69, 9.17) is 4.74 Å².